The Hall–Kier alpha value is -1.02. The van der Waals surface area contributed by atoms with E-state index >= 15 is 0 Å². The van der Waals surface area contributed by atoms with Crippen molar-refractivity contribution in [2.75, 3.05) is 6.61 Å². The van der Waals surface area contributed by atoms with Crippen molar-refractivity contribution in [3.8, 4) is 0 Å². The molecule has 0 bridgehead atoms. The van der Waals surface area contributed by atoms with Gasteiger partial charge in [0.15, 0.2) is 0 Å². The number of alkyl halides is 14. The normalized spacial score (nSPS) is 30.4. The summed E-state index contributed by atoms with van der Waals surface area (Å²) < 4.78 is 178. The minimum Gasteiger partial charge on any atom is -0.332 e. The van der Waals surface area contributed by atoms with Crippen LogP contribution in [-0.2, 0) is 4.74 Å². The molecule has 1 aliphatic rings. The van der Waals surface area contributed by atoms with Crippen molar-refractivity contribution >= 4 is 0 Å². The average molecular weight is 394 g/mol. The molecule has 1 rings (SSSR count). The first-order chi connectivity index (χ1) is 10.3. The van der Waals surface area contributed by atoms with E-state index in [2.05, 4.69) is 4.74 Å². The van der Waals surface area contributed by atoms with Crippen molar-refractivity contribution in [2.45, 2.75) is 48.1 Å². The molecule has 1 aliphatic carbocycles. The van der Waals surface area contributed by atoms with Gasteiger partial charge in [-0.05, 0) is 0 Å². The highest BCUT2D eigenvalue weighted by atomic mass is 19.4. The lowest BCUT2D eigenvalue weighted by Gasteiger charge is -2.50. The van der Waals surface area contributed by atoms with Gasteiger partial charge in [-0.25, -0.2) is 17.6 Å². The second-order valence-electron chi connectivity index (χ2n) is 4.70. The SMILES string of the molecule is FC(F)C(F)(F)C(F)(F)C(F)(F)COC1(F)C(F)C(F)(F)C1(F)F. The van der Waals surface area contributed by atoms with Crippen molar-refractivity contribution < 1.29 is 66.2 Å². The molecule has 0 spiro atoms. The maximum Gasteiger partial charge on any atom is 0.380 e. The van der Waals surface area contributed by atoms with Crippen molar-refractivity contribution in [3.63, 3.8) is 0 Å². The predicted molar refractivity (Wildman–Crippen MR) is 45.4 cm³/mol. The molecule has 0 aromatic carbocycles. The monoisotopic (exact) mass is 394 g/mol. The first-order valence-electron chi connectivity index (χ1n) is 5.45. The lowest BCUT2D eigenvalue weighted by atomic mass is 9.80. The van der Waals surface area contributed by atoms with E-state index in [9.17, 15) is 61.5 Å². The predicted octanol–water partition coefficient (Wildman–Crippen LogP) is 4.46. The number of ether oxygens (including phenoxy) is 1. The Bertz CT molecular complexity index is 487. The van der Waals surface area contributed by atoms with Crippen LogP contribution >= 0.6 is 0 Å². The van der Waals surface area contributed by atoms with E-state index < -0.39 is 54.7 Å². The summed E-state index contributed by atoms with van der Waals surface area (Å²) in [4.78, 5) is 0. The topological polar surface area (TPSA) is 9.23 Å². The summed E-state index contributed by atoms with van der Waals surface area (Å²) in [6.07, 6.45) is -9.96. The molecule has 0 radical (unpaired) electrons. The van der Waals surface area contributed by atoms with E-state index in [4.69, 9.17) is 0 Å². The zero-order chi connectivity index (χ0) is 19.6. The second kappa shape index (κ2) is 5.24. The van der Waals surface area contributed by atoms with Crippen LogP contribution in [0.25, 0.3) is 0 Å². The molecule has 0 amide bonds. The standard InChI is InChI=1S/C9H4F14O/c10-2-5(15,16)9(22,23)7(2,19)24-1-4(13,14)8(20,21)6(17,18)3(11)12/h2-3H,1H2. The van der Waals surface area contributed by atoms with Gasteiger partial charge in [0.1, 0.15) is 6.61 Å². The molecule has 1 saturated carbocycles. The fourth-order valence-corrected chi connectivity index (χ4v) is 1.53. The summed E-state index contributed by atoms with van der Waals surface area (Å²) in [5, 5.41) is 0. The van der Waals surface area contributed by atoms with Gasteiger partial charge in [-0.15, -0.1) is 0 Å². The van der Waals surface area contributed by atoms with Crippen LogP contribution in [0.2, 0.25) is 0 Å². The number of hydrogen-bond donors (Lipinski definition) is 0. The van der Waals surface area contributed by atoms with Gasteiger partial charge >= 0.3 is 41.9 Å². The molecule has 24 heavy (non-hydrogen) atoms. The van der Waals surface area contributed by atoms with Crippen molar-refractivity contribution in [3.05, 3.63) is 0 Å². The molecule has 15 heteroatoms. The quantitative estimate of drug-likeness (QED) is 0.605. The van der Waals surface area contributed by atoms with Crippen LogP contribution < -0.4 is 0 Å². The number of halogens is 14. The summed E-state index contributed by atoms with van der Waals surface area (Å²) in [5.41, 5.74) is 0. The summed E-state index contributed by atoms with van der Waals surface area (Å²) >= 11 is 0. The Morgan fingerprint density at radius 3 is 1.62 bits per heavy atom. The van der Waals surface area contributed by atoms with Crippen molar-refractivity contribution in [1.82, 2.24) is 0 Å². The Morgan fingerprint density at radius 2 is 1.29 bits per heavy atom. The van der Waals surface area contributed by atoms with Crippen LogP contribution in [0.3, 0.4) is 0 Å². The third-order valence-electron chi connectivity index (χ3n) is 3.11. The van der Waals surface area contributed by atoms with Crippen LogP contribution in [0.15, 0.2) is 0 Å². The summed E-state index contributed by atoms with van der Waals surface area (Å²) in [7, 11) is 0. The van der Waals surface area contributed by atoms with Crippen LogP contribution in [-0.4, -0.2) is 54.7 Å². The highest BCUT2D eigenvalue weighted by molar-refractivity contribution is 5.18. The molecular formula is C9H4F14O. The Kier molecular flexibility index (Phi) is 4.59. The van der Waals surface area contributed by atoms with Gasteiger partial charge < -0.3 is 4.74 Å². The molecule has 0 aliphatic heterocycles. The first kappa shape index (κ1) is 21.0. The van der Waals surface area contributed by atoms with Crippen molar-refractivity contribution in [2.24, 2.45) is 0 Å². The minimum absolute atomic E-state index is 2.67. The molecule has 2 atom stereocenters. The molecule has 144 valence electrons. The van der Waals surface area contributed by atoms with E-state index in [-0.39, 0.29) is 0 Å². The fourth-order valence-electron chi connectivity index (χ4n) is 1.53. The largest absolute Gasteiger partial charge is 0.380 e. The minimum atomic E-state index is -6.96. The smallest absolute Gasteiger partial charge is 0.332 e. The summed E-state index contributed by atoms with van der Waals surface area (Å²) in [6, 6.07) is 0. The molecule has 0 aromatic heterocycles. The van der Waals surface area contributed by atoms with Gasteiger partial charge in [0.25, 0.3) is 0 Å². The highest BCUT2D eigenvalue weighted by Crippen LogP contribution is 2.62. The molecular weight excluding hydrogens is 390 g/mol. The van der Waals surface area contributed by atoms with Gasteiger partial charge in [-0.3, -0.25) is 0 Å². The third kappa shape index (κ3) is 2.33. The van der Waals surface area contributed by atoms with Crippen LogP contribution in [0.4, 0.5) is 61.5 Å². The highest BCUT2D eigenvalue weighted by Gasteiger charge is 2.92. The van der Waals surface area contributed by atoms with E-state index in [0.29, 0.717) is 0 Å². The summed E-state index contributed by atoms with van der Waals surface area (Å²) in [6.45, 7) is -3.51. The maximum atomic E-state index is 13.2. The molecule has 1 nitrogen and oxygen atoms in total. The fraction of sp³-hybridized carbons (Fsp3) is 1.00. The number of hydrogen-bond acceptors (Lipinski definition) is 1. The lowest BCUT2D eigenvalue weighted by molar-refractivity contribution is -0.473. The van der Waals surface area contributed by atoms with E-state index in [1.807, 2.05) is 0 Å². The Labute approximate surface area is 122 Å². The molecule has 1 fully saturated rings. The molecule has 0 saturated heterocycles. The van der Waals surface area contributed by atoms with E-state index in [0.717, 1.165) is 0 Å². The van der Waals surface area contributed by atoms with Gasteiger partial charge in [-0.2, -0.15) is 43.9 Å². The third-order valence-corrected chi connectivity index (χ3v) is 3.11. The van der Waals surface area contributed by atoms with Gasteiger partial charge in [0.2, 0.25) is 6.17 Å². The molecule has 0 N–H and O–H groups in total. The maximum absolute atomic E-state index is 13.2. The Balaban J connectivity index is 3.02. The Morgan fingerprint density at radius 1 is 0.875 bits per heavy atom. The zero-order valence-electron chi connectivity index (χ0n) is 10.6. The van der Waals surface area contributed by atoms with Gasteiger partial charge in [0.05, 0.1) is 0 Å². The van der Waals surface area contributed by atoms with Crippen LogP contribution in [0.5, 0.6) is 0 Å². The molecule has 2 unspecified atom stereocenters. The van der Waals surface area contributed by atoms with Crippen molar-refractivity contribution in [1.29, 1.82) is 0 Å². The number of rotatable bonds is 6. The molecule has 0 aromatic rings. The van der Waals surface area contributed by atoms with E-state index in [1.165, 1.54) is 0 Å². The molecule has 0 heterocycles. The van der Waals surface area contributed by atoms with Crippen LogP contribution in [0.1, 0.15) is 0 Å². The lowest BCUT2D eigenvalue weighted by Crippen LogP contribution is -2.80. The van der Waals surface area contributed by atoms with Crippen LogP contribution in [0, 0.1) is 0 Å². The second-order valence-corrected chi connectivity index (χ2v) is 4.70. The summed E-state index contributed by atoms with van der Waals surface area (Å²) in [5.74, 6) is -37.5. The average Bonchev–Trinajstić information content (AvgIpc) is 2.42. The van der Waals surface area contributed by atoms with Gasteiger partial charge in [0, 0.05) is 0 Å². The van der Waals surface area contributed by atoms with E-state index in [1.54, 1.807) is 0 Å². The van der Waals surface area contributed by atoms with Gasteiger partial charge in [-0.1, -0.05) is 0 Å². The first-order valence-corrected chi connectivity index (χ1v) is 5.45. The zero-order valence-corrected chi connectivity index (χ0v) is 10.6.